The number of hydrogen-bond donors (Lipinski definition) is 1. The molecule has 32 heavy (non-hydrogen) atoms. The number of nitrogens with zero attached hydrogens (tertiary/aromatic N) is 1. The molecule has 8 heteroatoms. The molecule has 0 unspecified atom stereocenters. The van der Waals surface area contributed by atoms with Crippen molar-refractivity contribution < 1.29 is 22.8 Å². The van der Waals surface area contributed by atoms with Gasteiger partial charge >= 0.3 is 0 Å². The first-order valence-corrected chi connectivity index (χ1v) is 10.0. The maximum atomic E-state index is 13.7. The van der Waals surface area contributed by atoms with Crippen LogP contribution in [-0.4, -0.2) is 23.3 Å². The molecule has 1 heterocycles. The van der Waals surface area contributed by atoms with Crippen molar-refractivity contribution in [1.29, 1.82) is 0 Å². The van der Waals surface area contributed by atoms with Gasteiger partial charge in [0.15, 0.2) is 11.6 Å². The van der Waals surface area contributed by atoms with E-state index >= 15 is 0 Å². The number of halogens is 4. The summed E-state index contributed by atoms with van der Waals surface area (Å²) >= 11 is 5.89. The molecular weight excluding hydrogens is 441 g/mol. The lowest BCUT2D eigenvalue weighted by atomic mass is 10.0. The van der Waals surface area contributed by atoms with Gasteiger partial charge in [0.25, 0.3) is 11.8 Å². The van der Waals surface area contributed by atoms with Crippen molar-refractivity contribution in [3.05, 3.63) is 106 Å². The molecule has 0 bridgehead atoms. The van der Waals surface area contributed by atoms with Crippen molar-refractivity contribution in [2.45, 2.75) is 6.42 Å². The topological polar surface area (TPSA) is 49.4 Å². The van der Waals surface area contributed by atoms with Crippen LogP contribution in [0.3, 0.4) is 0 Å². The second-order valence-electron chi connectivity index (χ2n) is 7.15. The van der Waals surface area contributed by atoms with Crippen LogP contribution in [0.4, 0.5) is 18.9 Å². The Morgan fingerprint density at radius 2 is 1.50 bits per heavy atom. The number of anilines is 1. The summed E-state index contributed by atoms with van der Waals surface area (Å²) in [6.07, 6.45) is 0.393. The fourth-order valence-corrected chi connectivity index (χ4v) is 3.52. The highest BCUT2D eigenvalue weighted by Crippen LogP contribution is 2.31. The van der Waals surface area contributed by atoms with Crippen LogP contribution >= 0.6 is 11.6 Å². The van der Waals surface area contributed by atoms with Crippen molar-refractivity contribution >= 4 is 34.7 Å². The summed E-state index contributed by atoms with van der Waals surface area (Å²) in [4.78, 5) is 27.3. The van der Waals surface area contributed by atoms with Crippen LogP contribution in [0.2, 0.25) is 5.02 Å². The molecule has 0 aromatic heterocycles. The van der Waals surface area contributed by atoms with Crippen molar-refractivity contribution in [3.8, 4) is 0 Å². The lowest BCUT2D eigenvalue weighted by Crippen LogP contribution is -2.34. The minimum absolute atomic E-state index is 0.0239. The smallest absolute Gasteiger partial charge is 0.278 e. The molecule has 0 saturated carbocycles. The second kappa shape index (κ2) is 8.88. The molecule has 2 amide bonds. The third kappa shape index (κ3) is 4.38. The van der Waals surface area contributed by atoms with Gasteiger partial charge in [0.1, 0.15) is 11.5 Å². The third-order valence-corrected chi connectivity index (χ3v) is 5.28. The molecule has 1 N–H and O–H groups in total. The minimum atomic E-state index is -1.10. The number of imide groups is 1. The standard InChI is InChI=1S/C24H16ClF3N2O2/c25-16-5-1-14(2-6-16)11-12-30-23(31)21(15-3-7-17(26)8-4-15)22(24(30)32)29-18-9-10-19(27)20(28)13-18/h1-10,13,29H,11-12H2. The molecule has 3 aromatic carbocycles. The molecular formula is C24H16ClF3N2O2. The van der Waals surface area contributed by atoms with Crippen LogP contribution in [0.5, 0.6) is 0 Å². The molecule has 162 valence electrons. The van der Waals surface area contributed by atoms with Crippen molar-refractivity contribution in [2.75, 3.05) is 11.9 Å². The van der Waals surface area contributed by atoms with E-state index in [4.69, 9.17) is 11.6 Å². The van der Waals surface area contributed by atoms with Crippen LogP contribution in [-0.2, 0) is 16.0 Å². The highest BCUT2D eigenvalue weighted by Gasteiger charge is 2.39. The van der Waals surface area contributed by atoms with Gasteiger partial charge in [-0.2, -0.15) is 0 Å². The molecule has 0 radical (unpaired) electrons. The third-order valence-electron chi connectivity index (χ3n) is 5.03. The number of carbonyl (C=O) groups excluding carboxylic acids is 2. The van der Waals surface area contributed by atoms with Gasteiger partial charge in [-0.25, -0.2) is 13.2 Å². The summed E-state index contributed by atoms with van der Waals surface area (Å²) in [6, 6.07) is 15.2. The van der Waals surface area contributed by atoms with Gasteiger partial charge in [0, 0.05) is 23.3 Å². The summed E-state index contributed by atoms with van der Waals surface area (Å²) in [6.45, 7) is 0.0902. The Morgan fingerprint density at radius 1 is 0.812 bits per heavy atom. The Morgan fingerprint density at radius 3 is 2.16 bits per heavy atom. The van der Waals surface area contributed by atoms with E-state index in [1.807, 2.05) is 0 Å². The summed E-state index contributed by atoms with van der Waals surface area (Å²) < 4.78 is 40.4. The van der Waals surface area contributed by atoms with E-state index in [9.17, 15) is 22.8 Å². The zero-order valence-electron chi connectivity index (χ0n) is 16.5. The number of nitrogens with one attached hydrogen (secondary N) is 1. The SMILES string of the molecule is O=C1C(Nc2ccc(F)c(F)c2)=C(c2ccc(F)cc2)C(=O)N1CCc1ccc(Cl)cc1. The fraction of sp³-hybridized carbons (Fsp3) is 0.0833. The summed E-state index contributed by atoms with van der Waals surface area (Å²) in [5.41, 5.74) is 1.22. The molecule has 3 aromatic rings. The van der Waals surface area contributed by atoms with E-state index in [0.29, 0.717) is 17.0 Å². The van der Waals surface area contributed by atoms with Crippen LogP contribution in [0.1, 0.15) is 11.1 Å². The van der Waals surface area contributed by atoms with E-state index in [2.05, 4.69) is 5.32 Å². The zero-order chi connectivity index (χ0) is 22.8. The predicted molar refractivity (Wildman–Crippen MR) is 115 cm³/mol. The molecule has 1 aliphatic rings. The first-order chi connectivity index (χ1) is 15.3. The van der Waals surface area contributed by atoms with Crippen molar-refractivity contribution in [3.63, 3.8) is 0 Å². The molecule has 0 atom stereocenters. The monoisotopic (exact) mass is 456 g/mol. The number of hydrogen-bond acceptors (Lipinski definition) is 3. The van der Waals surface area contributed by atoms with E-state index in [1.54, 1.807) is 24.3 Å². The molecule has 0 saturated heterocycles. The fourth-order valence-electron chi connectivity index (χ4n) is 3.39. The Kier molecular flexibility index (Phi) is 6.01. The van der Waals surface area contributed by atoms with Gasteiger partial charge in [0.2, 0.25) is 0 Å². The normalized spacial score (nSPS) is 13.8. The van der Waals surface area contributed by atoms with Crippen LogP contribution in [0.15, 0.2) is 72.4 Å². The molecule has 1 aliphatic heterocycles. The number of benzene rings is 3. The van der Waals surface area contributed by atoms with Gasteiger partial charge in [-0.1, -0.05) is 35.9 Å². The van der Waals surface area contributed by atoms with Crippen molar-refractivity contribution in [1.82, 2.24) is 4.90 Å². The predicted octanol–water partition coefficient (Wildman–Crippen LogP) is 5.19. The summed E-state index contributed by atoms with van der Waals surface area (Å²) in [5, 5.41) is 3.31. The zero-order valence-corrected chi connectivity index (χ0v) is 17.3. The van der Waals surface area contributed by atoms with Gasteiger partial charge in [-0.3, -0.25) is 14.5 Å². The number of amides is 2. The Balaban J connectivity index is 1.66. The molecule has 0 fully saturated rings. The molecule has 4 nitrogen and oxygen atoms in total. The van der Waals surface area contributed by atoms with E-state index < -0.39 is 29.3 Å². The largest absolute Gasteiger partial charge is 0.350 e. The second-order valence-corrected chi connectivity index (χ2v) is 7.59. The van der Waals surface area contributed by atoms with E-state index in [-0.39, 0.29) is 23.5 Å². The maximum absolute atomic E-state index is 13.7. The first kappa shape index (κ1) is 21.6. The van der Waals surface area contributed by atoms with Gasteiger partial charge < -0.3 is 5.32 Å². The van der Waals surface area contributed by atoms with Gasteiger partial charge in [0.05, 0.1) is 5.57 Å². The van der Waals surface area contributed by atoms with Gasteiger partial charge in [-0.05, 0) is 53.9 Å². The van der Waals surface area contributed by atoms with E-state index in [1.165, 1.54) is 30.3 Å². The number of carbonyl (C=O) groups is 2. The molecule has 0 aliphatic carbocycles. The summed E-state index contributed by atoms with van der Waals surface area (Å²) in [5.74, 6) is -3.83. The van der Waals surface area contributed by atoms with E-state index in [0.717, 1.165) is 22.6 Å². The summed E-state index contributed by atoms with van der Waals surface area (Å²) in [7, 11) is 0. The lowest BCUT2D eigenvalue weighted by Gasteiger charge is -2.15. The number of rotatable bonds is 6. The van der Waals surface area contributed by atoms with Crippen LogP contribution < -0.4 is 5.32 Å². The Labute approximate surface area is 186 Å². The minimum Gasteiger partial charge on any atom is -0.350 e. The van der Waals surface area contributed by atoms with Crippen LogP contribution in [0.25, 0.3) is 5.57 Å². The molecule has 4 rings (SSSR count). The van der Waals surface area contributed by atoms with Gasteiger partial charge in [-0.15, -0.1) is 0 Å². The van der Waals surface area contributed by atoms with Crippen LogP contribution in [0, 0.1) is 17.5 Å². The maximum Gasteiger partial charge on any atom is 0.278 e. The lowest BCUT2D eigenvalue weighted by molar-refractivity contribution is -0.136. The average molecular weight is 457 g/mol. The average Bonchev–Trinajstić information content (AvgIpc) is 3.00. The Hall–Kier alpha value is -3.58. The Bertz CT molecular complexity index is 1220. The highest BCUT2D eigenvalue weighted by molar-refractivity contribution is 6.36. The molecule has 0 spiro atoms. The first-order valence-electron chi connectivity index (χ1n) is 9.66. The quantitative estimate of drug-likeness (QED) is 0.519. The highest BCUT2D eigenvalue weighted by atomic mass is 35.5. The van der Waals surface area contributed by atoms with Crippen molar-refractivity contribution in [2.24, 2.45) is 0 Å².